The normalized spacial score (nSPS) is 11.6. The van der Waals surface area contributed by atoms with Gasteiger partial charge in [-0.1, -0.05) is 19.1 Å². The van der Waals surface area contributed by atoms with Crippen molar-refractivity contribution in [2.75, 3.05) is 19.5 Å². The van der Waals surface area contributed by atoms with Crippen molar-refractivity contribution >= 4 is 11.6 Å². The maximum absolute atomic E-state index is 13.0. The summed E-state index contributed by atoms with van der Waals surface area (Å²) in [6, 6.07) is 13.5. The molecule has 1 N–H and O–H groups in total. The van der Waals surface area contributed by atoms with Crippen LogP contribution in [0.5, 0.6) is 11.5 Å². The number of amides is 1. The minimum atomic E-state index is -0.767. The van der Waals surface area contributed by atoms with E-state index in [9.17, 15) is 9.59 Å². The van der Waals surface area contributed by atoms with Gasteiger partial charge in [0.2, 0.25) is 5.91 Å². The maximum atomic E-state index is 13.0. The number of carbonyl (C=O) groups excluding carboxylic acids is 1. The smallest absolute Gasteiger partial charge is 0.267 e. The van der Waals surface area contributed by atoms with E-state index in [4.69, 9.17) is 9.47 Å². The summed E-state index contributed by atoms with van der Waals surface area (Å²) in [7, 11) is 3.08. The van der Waals surface area contributed by atoms with E-state index < -0.39 is 6.04 Å². The Morgan fingerprint density at radius 1 is 1.00 bits per heavy atom. The lowest BCUT2D eigenvalue weighted by Crippen LogP contribution is -2.34. The molecular formula is C24H27N3O4. The Labute approximate surface area is 181 Å². The molecule has 0 aliphatic heterocycles. The highest BCUT2D eigenvalue weighted by Gasteiger charge is 2.22. The molecule has 0 radical (unpaired) electrons. The second-order valence-electron chi connectivity index (χ2n) is 7.32. The van der Waals surface area contributed by atoms with Gasteiger partial charge >= 0.3 is 0 Å². The van der Waals surface area contributed by atoms with Crippen LogP contribution in [0, 0.1) is 13.8 Å². The highest BCUT2D eigenvalue weighted by atomic mass is 16.5. The summed E-state index contributed by atoms with van der Waals surface area (Å²) < 4.78 is 11.8. The van der Waals surface area contributed by atoms with Gasteiger partial charge in [-0.3, -0.25) is 9.59 Å². The monoisotopic (exact) mass is 421 g/mol. The number of rotatable bonds is 7. The molecule has 0 saturated heterocycles. The van der Waals surface area contributed by atoms with Crippen molar-refractivity contribution in [2.24, 2.45) is 0 Å². The summed E-state index contributed by atoms with van der Waals surface area (Å²) in [4.78, 5) is 25.6. The van der Waals surface area contributed by atoms with Crippen LogP contribution in [0.3, 0.4) is 0 Å². The first-order valence-electron chi connectivity index (χ1n) is 10.1. The number of hydrogen-bond acceptors (Lipinski definition) is 5. The van der Waals surface area contributed by atoms with Crippen molar-refractivity contribution in [3.63, 3.8) is 0 Å². The topological polar surface area (TPSA) is 82.4 Å². The molecule has 1 heterocycles. The molecule has 1 aromatic heterocycles. The number of nitrogens with zero attached hydrogens (tertiary/aromatic N) is 2. The van der Waals surface area contributed by atoms with Crippen LogP contribution in [0.15, 0.2) is 53.3 Å². The molecule has 0 unspecified atom stereocenters. The van der Waals surface area contributed by atoms with E-state index in [-0.39, 0.29) is 11.5 Å². The van der Waals surface area contributed by atoms with Gasteiger partial charge in [0.15, 0.2) is 0 Å². The van der Waals surface area contributed by atoms with E-state index in [2.05, 4.69) is 10.4 Å². The van der Waals surface area contributed by atoms with Gasteiger partial charge in [-0.2, -0.15) is 5.10 Å². The van der Waals surface area contributed by atoms with Crippen LogP contribution in [-0.4, -0.2) is 29.9 Å². The van der Waals surface area contributed by atoms with Crippen LogP contribution < -0.4 is 20.3 Å². The van der Waals surface area contributed by atoms with Crippen LogP contribution in [-0.2, 0) is 4.79 Å². The van der Waals surface area contributed by atoms with Gasteiger partial charge in [0.05, 0.1) is 19.9 Å². The van der Waals surface area contributed by atoms with Crippen LogP contribution >= 0.6 is 0 Å². The summed E-state index contributed by atoms with van der Waals surface area (Å²) in [6.07, 6.45) is 0.399. The Morgan fingerprint density at radius 3 is 2.26 bits per heavy atom. The Morgan fingerprint density at radius 2 is 1.68 bits per heavy atom. The highest BCUT2D eigenvalue weighted by Crippen LogP contribution is 2.27. The zero-order chi connectivity index (χ0) is 22.5. The van der Waals surface area contributed by atoms with Gasteiger partial charge < -0.3 is 14.8 Å². The van der Waals surface area contributed by atoms with Crippen LogP contribution in [0.2, 0.25) is 0 Å². The minimum absolute atomic E-state index is 0.335. The third-order valence-electron chi connectivity index (χ3n) is 5.23. The molecule has 0 bridgehead atoms. The van der Waals surface area contributed by atoms with Crippen molar-refractivity contribution in [3.05, 3.63) is 70.0 Å². The second-order valence-corrected chi connectivity index (χ2v) is 7.32. The lowest BCUT2D eigenvalue weighted by molar-refractivity contribution is -0.119. The van der Waals surface area contributed by atoms with Crippen LogP contribution in [0.4, 0.5) is 5.69 Å². The SMILES string of the molecule is CC[C@H](C(=O)Nc1cc(OC)cc(OC)c1)n1nc(-c2ccc(C)c(C)c2)ccc1=O. The van der Waals surface area contributed by atoms with E-state index in [1.165, 1.54) is 30.5 Å². The standard InChI is InChI=1S/C24H27N3O4/c1-6-22(24(29)25-18-12-19(30-4)14-20(13-18)31-5)27-23(28)10-9-21(26-27)17-8-7-15(2)16(3)11-17/h7-14,22H,6H2,1-5H3,(H,25,29)/t22-/m1/s1. The molecule has 1 amide bonds. The molecule has 162 valence electrons. The van der Waals surface area contributed by atoms with E-state index in [0.717, 1.165) is 11.1 Å². The average molecular weight is 421 g/mol. The number of aryl methyl sites for hydroxylation is 2. The van der Waals surface area contributed by atoms with Crippen molar-refractivity contribution < 1.29 is 14.3 Å². The Kier molecular flexibility index (Phi) is 6.74. The van der Waals surface area contributed by atoms with Gasteiger partial charge in [-0.05, 0) is 43.5 Å². The third-order valence-corrected chi connectivity index (χ3v) is 5.23. The third kappa shape index (κ3) is 4.94. The molecule has 7 nitrogen and oxygen atoms in total. The van der Waals surface area contributed by atoms with Crippen molar-refractivity contribution in [1.29, 1.82) is 0 Å². The first kappa shape index (κ1) is 22.1. The quantitative estimate of drug-likeness (QED) is 0.620. The Hall–Kier alpha value is -3.61. The first-order chi connectivity index (χ1) is 14.9. The van der Waals surface area contributed by atoms with Gasteiger partial charge in [0.1, 0.15) is 17.5 Å². The molecule has 0 fully saturated rings. The molecular weight excluding hydrogens is 394 g/mol. The van der Waals surface area contributed by atoms with E-state index in [1.54, 1.807) is 24.3 Å². The molecule has 2 aromatic carbocycles. The molecule has 1 atom stereocenters. The van der Waals surface area contributed by atoms with Gasteiger partial charge in [0.25, 0.3) is 5.56 Å². The number of hydrogen-bond donors (Lipinski definition) is 1. The summed E-state index contributed by atoms with van der Waals surface area (Å²) in [6.45, 7) is 5.91. The number of anilines is 1. The fraction of sp³-hybridized carbons (Fsp3) is 0.292. The number of methoxy groups -OCH3 is 2. The fourth-order valence-electron chi connectivity index (χ4n) is 3.28. The Bertz CT molecular complexity index is 1130. The number of ether oxygens (including phenoxy) is 2. The maximum Gasteiger partial charge on any atom is 0.267 e. The zero-order valence-corrected chi connectivity index (χ0v) is 18.4. The predicted molar refractivity (Wildman–Crippen MR) is 121 cm³/mol. The molecule has 0 aliphatic rings. The fourth-order valence-corrected chi connectivity index (χ4v) is 3.28. The minimum Gasteiger partial charge on any atom is -0.497 e. The van der Waals surface area contributed by atoms with E-state index in [0.29, 0.717) is 29.3 Å². The summed E-state index contributed by atoms with van der Waals surface area (Å²) in [5.41, 5.74) is 4.02. The molecule has 3 rings (SSSR count). The summed E-state index contributed by atoms with van der Waals surface area (Å²) in [5, 5.41) is 7.35. The van der Waals surface area contributed by atoms with Gasteiger partial charge in [-0.25, -0.2) is 4.68 Å². The van der Waals surface area contributed by atoms with Crippen LogP contribution in [0.1, 0.15) is 30.5 Å². The zero-order valence-electron chi connectivity index (χ0n) is 18.4. The van der Waals surface area contributed by atoms with Gasteiger partial charge in [-0.15, -0.1) is 0 Å². The molecule has 7 heteroatoms. The van der Waals surface area contributed by atoms with E-state index >= 15 is 0 Å². The molecule has 0 aliphatic carbocycles. The lowest BCUT2D eigenvalue weighted by Gasteiger charge is -2.18. The van der Waals surface area contributed by atoms with Gasteiger partial charge in [0, 0.05) is 35.5 Å². The number of carbonyl (C=O) groups is 1. The van der Waals surface area contributed by atoms with Crippen molar-refractivity contribution in [3.8, 4) is 22.8 Å². The molecule has 31 heavy (non-hydrogen) atoms. The van der Waals surface area contributed by atoms with Crippen molar-refractivity contribution in [2.45, 2.75) is 33.2 Å². The molecule has 0 saturated carbocycles. The van der Waals surface area contributed by atoms with Crippen LogP contribution in [0.25, 0.3) is 11.3 Å². The average Bonchev–Trinajstić information content (AvgIpc) is 2.77. The number of benzene rings is 2. The number of nitrogens with one attached hydrogen (secondary N) is 1. The summed E-state index contributed by atoms with van der Waals surface area (Å²) >= 11 is 0. The largest absolute Gasteiger partial charge is 0.497 e. The highest BCUT2D eigenvalue weighted by molar-refractivity contribution is 5.94. The number of aromatic nitrogens is 2. The molecule has 3 aromatic rings. The van der Waals surface area contributed by atoms with E-state index in [1.807, 2.05) is 39.0 Å². The second kappa shape index (κ2) is 9.47. The molecule has 0 spiro atoms. The predicted octanol–water partition coefficient (Wildman–Crippen LogP) is 4.13. The van der Waals surface area contributed by atoms with Crippen molar-refractivity contribution in [1.82, 2.24) is 9.78 Å². The summed E-state index contributed by atoms with van der Waals surface area (Å²) in [5.74, 6) is 0.758. The Balaban J connectivity index is 1.94. The lowest BCUT2D eigenvalue weighted by atomic mass is 10.0. The first-order valence-corrected chi connectivity index (χ1v) is 10.1.